The number of rotatable bonds is 5. The lowest BCUT2D eigenvalue weighted by molar-refractivity contribution is -0.763. The minimum absolute atomic E-state index is 0.0488. The van der Waals surface area contributed by atoms with Crippen molar-refractivity contribution >= 4 is 23.4 Å². The van der Waals surface area contributed by atoms with E-state index in [0.717, 1.165) is 11.3 Å². The van der Waals surface area contributed by atoms with E-state index in [9.17, 15) is 9.59 Å². The Balaban J connectivity index is 2.00. The fourth-order valence-corrected chi connectivity index (χ4v) is 4.07. The second-order valence-corrected chi connectivity index (χ2v) is 7.56. The maximum atomic E-state index is 13.1. The highest BCUT2D eigenvalue weighted by molar-refractivity contribution is 7.98. The molecule has 0 bridgehead atoms. The molecule has 1 amide bonds. The Kier molecular flexibility index (Phi) is 5.59. The smallest absolute Gasteiger partial charge is 0.325 e. The normalized spacial score (nSPS) is 14.8. The number of benzene rings is 2. The van der Waals surface area contributed by atoms with Crippen LogP contribution in [0, 0.1) is 0 Å². The number of amides is 1. The molecular formula is C22H23N4O3S+. The first-order chi connectivity index (χ1) is 14.6. The lowest BCUT2D eigenvalue weighted by Crippen LogP contribution is -2.60. The van der Waals surface area contributed by atoms with E-state index in [2.05, 4.69) is 10.1 Å². The molecule has 0 aliphatic carbocycles. The number of ether oxygens (including phenoxy) is 1. The van der Waals surface area contributed by atoms with Crippen LogP contribution in [0.4, 0.5) is 5.69 Å². The van der Waals surface area contributed by atoms with E-state index in [1.807, 2.05) is 68.6 Å². The SMILES string of the molecule is CCOc1ccc([C@@H]2N(C(=O)CC)c3ccccc3-c3c(=O)[nH]c(SC)n[n+]32)cc1. The number of anilines is 1. The van der Waals surface area contributed by atoms with Crippen LogP contribution >= 0.6 is 11.8 Å². The molecule has 1 aliphatic heterocycles. The molecule has 0 radical (unpaired) electrons. The molecule has 1 N–H and O–H groups in total. The summed E-state index contributed by atoms with van der Waals surface area (Å²) in [5, 5.41) is 5.16. The van der Waals surface area contributed by atoms with E-state index in [-0.39, 0.29) is 11.5 Å². The highest BCUT2D eigenvalue weighted by Gasteiger charge is 2.45. The Hall–Kier alpha value is -3.13. The lowest BCUT2D eigenvalue weighted by Gasteiger charge is -2.32. The summed E-state index contributed by atoms with van der Waals surface area (Å²) in [6.07, 6.45) is 1.60. The Morgan fingerprint density at radius 1 is 1.20 bits per heavy atom. The zero-order valence-corrected chi connectivity index (χ0v) is 17.9. The summed E-state index contributed by atoms with van der Waals surface area (Å²) in [6, 6.07) is 15.0. The average Bonchev–Trinajstić information content (AvgIpc) is 2.78. The molecule has 3 aromatic rings. The van der Waals surface area contributed by atoms with Gasteiger partial charge in [0, 0.05) is 17.1 Å². The largest absolute Gasteiger partial charge is 0.494 e. The second kappa shape index (κ2) is 8.31. The molecule has 0 spiro atoms. The van der Waals surface area contributed by atoms with Gasteiger partial charge in [0.15, 0.2) is 0 Å². The number of aromatic nitrogens is 3. The maximum absolute atomic E-state index is 13.1. The standard InChI is InChI=1S/C22H22N4O3S/c1-4-18(27)25-17-9-7-6-8-16(17)19-20(28)23-22(30-3)24-26(19)21(25)14-10-12-15(13-11-14)29-5-2/h6-13,21H,4-5H2,1-3H3/p+1/t21-/m1/s1. The third kappa shape index (κ3) is 3.37. The van der Waals surface area contributed by atoms with E-state index >= 15 is 0 Å². The fraction of sp³-hybridized carbons (Fsp3) is 0.273. The summed E-state index contributed by atoms with van der Waals surface area (Å²) in [4.78, 5) is 30.7. The van der Waals surface area contributed by atoms with Gasteiger partial charge in [-0.15, -0.1) is 0 Å². The Morgan fingerprint density at radius 3 is 2.60 bits per heavy atom. The highest BCUT2D eigenvalue weighted by Crippen LogP contribution is 2.37. The number of hydrogen-bond donors (Lipinski definition) is 1. The minimum Gasteiger partial charge on any atom is -0.494 e. The van der Waals surface area contributed by atoms with Gasteiger partial charge in [0.2, 0.25) is 11.1 Å². The zero-order chi connectivity index (χ0) is 21.3. The predicted octanol–water partition coefficient (Wildman–Crippen LogP) is 3.15. The molecule has 30 heavy (non-hydrogen) atoms. The Morgan fingerprint density at radius 2 is 1.93 bits per heavy atom. The number of aromatic amines is 1. The molecule has 7 nitrogen and oxygen atoms in total. The van der Waals surface area contributed by atoms with Gasteiger partial charge < -0.3 is 4.74 Å². The van der Waals surface area contributed by atoms with E-state index in [1.165, 1.54) is 11.8 Å². The number of H-pyrrole nitrogens is 1. The molecule has 0 unspecified atom stereocenters. The van der Waals surface area contributed by atoms with E-state index in [1.54, 1.807) is 9.58 Å². The summed E-state index contributed by atoms with van der Waals surface area (Å²) in [5.74, 6) is 0.701. The van der Waals surface area contributed by atoms with Crippen LogP contribution in [0.25, 0.3) is 11.3 Å². The Labute approximate surface area is 178 Å². The number of thioether (sulfide) groups is 1. The summed E-state index contributed by atoms with van der Waals surface area (Å²) in [5.41, 5.74) is 2.42. The molecule has 0 fully saturated rings. The second-order valence-electron chi connectivity index (χ2n) is 6.77. The number of fused-ring (bicyclic) bond motifs is 3. The minimum atomic E-state index is -0.578. The monoisotopic (exact) mass is 423 g/mol. The van der Waals surface area contributed by atoms with Crippen LogP contribution in [0.5, 0.6) is 5.75 Å². The van der Waals surface area contributed by atoms with Crippen molar-refractivity contribution in [3.05, 3.63) is 64.4 Å². The molecule has 1 atom stereocenters. The highest BCUT2D eigenvalue weighted by atomic mass is 32.2. The molecule has 2 heterocycles. The number of carbonyl (C=O) groups excluding carboxylic acids is 1. The number of nitrogens with zero attached hydrogens (tertiary/aromatic N) is 3. The van der Waals surface area contributed by atoms with E-state index in [4.69, 9.17) is 4.74 Å². The van der Waals surface area contributed by atoms with Gasteiger partial charge in [0.1, 0.15) is 5.75 Å². The fourth-order valence-electron chi connectivity index (χ4n) is 3.71. The van der Waals surface area contributed by atoms with E-state index in [0.29, 0.717) is 35.1 Å². The van der Waals surface area contributed by atoms with Crippen molar-refractivity contribution in [2.45, 2.75) is 31.6 Å². The van der Waals surface area contributed by atoms with Crippen LogP contribution in [0.2, 0.25) is 0 Å². The number of nitrogens with one attached hydrogen (secondary N) is 1. The van der Waals surface area contributed by atoms with Crippen molar-refractivity contribution in [2.24, 2.45) is 0 Å². The van der Waals surface area contributed by atoms with Crippen LogP contribution < -0.4 is 19.9 Å². The maximum Gasteiger partial charge on any atom is 0.325 e. The molecular weight excluding hydrogens is 400 g/mol. The quantitative estimate of drug-likeness (QED) is 0.504. The van der Waals surface area contributed by atoms with Crippen LogP contribution in [-0.4, -0.2) is 28.9 Å². The molecule has 2 aromatic carbocycles. The molecule has 1 aromatic heterocycles. The van der Waals surface area contributed by atoms with Crippen molar-refractivity contribution in [3.63, 3.8) is 0 Å². The van der Waals surface area contributed by atoms with Crippen molar-refractivity contribution in [1.29, 1.82) is 0 Å². The summed E-state index contributed by atoms with van der Waals surface area (Å²) < 4.78 is 7.23. The van der Waals surface area contributed by atoms with Crippen molar-refractivity contribution in [1.82, 2.24) is 10.1 Å². The summed E-state index contributed by atoms with van der Waals surface area (Å²) in [6.45, 7) is 4.33. The van der Waals surface area contributed by atoms with Gasteiger partial charge in [-0.1, -0.05) is 30.8 Å². The van der Waals surface area contributed by atoms with Gasteiger partial charge >= 0.3 is 11.3 Å². The molecule has 154 valence electrons. The molecule has 8 heteroatoms. The third-order valence-corrected chi connectivity index (χ3v) is 5.58. The molecule has 0 saturated carbocycles. The number of hydrogen-bond acceptors (Lipinski definition) is 5. The van der Waals surface area contributed by atoms with Crippen LogP contribution in [0.15, 0.2) is 58.5 Å². The van der Waals surface area contributed by atoms with Crippen molar-refractivity contribution in [3.8, 4) is 17.0 Å². The first-order valence-electron chi connectivity index (χ1n) is 9.83. The topological polar surface area (TPSA) is 79.2 Å². The van der Waals surface area contributed by atoms with Crippen LogP contribution in [0.1, 0.15) is 32.0 Å². The number of para-hydroxylation sites is 1. The predicted molar refractivity (Wildman–Crippen MR) is 116 cm³/mol. The van der Waals surface area contributed by atoms with Gasteiger partial charge in [-0.05, 0) is 54.3 Å². The first kappa shape index (κ1) is 20.2. The van der Waals surface area contributed by atoms with Crippen LogP contribution in [0.3, 0.4) is 0 Å². The van der Waals surface area contributed by atoms with Gasteiger partial charge in [-0.2, -0.15) is 0 Å². The van der Waals surface area contributed by atoms with E-state index < -0.39 is 6.17 Å². The lowest BCUT2D eigenvalue weighted by atomic mass is 10.0. The molecule has 4 rings (SSSR count). The van der Waals surface area contributed by atoms with Gasteiger partial charge in [0.05, 0.1) is 17.9 Å². The Bertz CT molecular complexity index is 1140. The van der Waals surface area contributed by atoms with Crippen LogP contribution in [-0.2, 0) is 4.79 Å². The third-order valence-electron chi connectivity index (χ3n) is 5.01. The molecule has 0 saturated heterocycles. The number of carbonyl (C=O) groups is 1. The van der Waals surface area contributed by atoms with Crippen molar-refractivity contribution in [2.75, 3.05) is 17.8 Å². The van der Waals surface area contributed by atoms with Crippen molar-refractivity contribution < 1.29 is 14.2 Å². The summed E-state index contributed by atoms with van der Waals surface area (Å²) >= 11 is 1.35. The average molecular weight is 424 g/mol. The molecule has 1 aliphatic rings. The zero-order valence-electron chi connectivity index (χ0n) is 17.1. The summed E-state index contributed by atoms with van der Waals surface area (Å²) in [7, 11) is 0. The van der Waals surface area contributed by atoms with Gasteiger partial charge in [0.25, 0.3) is 6.17 Å². The first-order valence-corrected chi connectivity index (χ1v) is 11.1. The van der Waals surface area contributed by atoms with Gasteiger partial charge in [-0.3, -0.25) is 14.6 Å². The van der Waals surface area contributed by atoms with Gasteiger partial charge in [-0.25, -0.2) is 4.90 Å².